The van der Waals surface area contributed by atoms with Gasteiger partial charge >= 0.3 is 0 Å². The van der Waals surface area contributed by atoms with Gasteiger partial charge in [-0.2, -0.15) is 0 Å². The highest BCUT2D eigenvalue weighted by Gasteiger charge is 2.49. The van der Waals surface area contributed by atoms with Crippen LogP contribution in [-0.4, -0.2) is 17.8 Å². The van der Waals surface area contributed by atoms with Crippen molar-refractivity contribution in [3.8, 4) is 0 Å². The Hall–Kier alpha value is -3.35. The molecule has 4 rings (SSSR count). The van der Waals surface area contributed by atoms with E-state index in [1.807, 2.05) is 50.2 Å². The number of aliphatic imine (C=N–C) groups is 2. The van der Waals surface area contributed by atoms with Crippen LogP contribution >= 0.6 is 0 Å². The van der Waals surface area contributed by atoms with Crippen LogP contribution < -0.4 is 21.7 Å². The summed E-state index contributed by atoms with van der Waals surface area (Å²) in [6, 6.07) is 13.4. The summed E-state index contributed by atoms with van der Waals surface area (Å²) in [6.45, 7) is 4.04. The maximum Gasteiger partial charge on any atom is 0.280 e. The van der Waals surface area contributed by atoms with Crippen molar-refractivity contribution < 1.29 is 4.79 Å². The van der Waals surface area contributed by atoms with Crippen molar-refractivity contribution >= 4 is 29.2 Å². The van der Waals surface area contributed by atoms with Gasteiger partial charge in [-0.1, -0.05) is 35.9 Å². The molecule has 0 aromatic heterocycles. The number of nitrogens with two attached hydrogens (primary N) is 1. The van der Waals surface area contributed by atoms with E-state index in [2.05, 4.69) is 32.0 Å². The molecule has 0 unspecified atom stereocenters. The Labute approximate surface area is 145 Å². The average molecular weight is 334 g/mol. The molecule has 2 heterocycles. The fourth-order valence-corrected chi connectivity index (χ4v) is 3.13. The highest BCUT2D eigenvalue weighted by molar-refractivity contribution is 6.13. The molecule has 7 heteroatoms. The highest BCUT2D eigenvalue weighted by atomic mass is 16.2. The third-order valence-corrected chi connectivity index (χ3v) is 4.30. The molecule has 2 aromatic carbocycles. The summed E-state index contributed by atoms with van der Waals surface area (Å²) < 4.78 is 0. The molecule has 1 amide bonds. The summed E-state index contributed by atoms with van der Waals surface area (Å²) in [7, 11) is 0. The van der Waals surface area contributed by atoms with Gasteiger partial charge in [0.1, 0.15) is 0 Å². The molecule has 1 spiro atoms. The van der Waals surface area contributed by atoms with Gasteiger partial charge in [0.2, 0.25) is 5.96 Å². The van der Waals surface area contributed by atoms with Crippen molar-refractivity contribution in [2.24, 2.45) is 15.7 Å². The molecule has 2 aromatic rings. The number of hydrogen-bond acceptors (Lipinski definition) is 6. The molecular weight excluding hydrogens is 316 g/mol. The van der Waals surface area contributed by atoms with Crippen molar-refractivity contribution in [1.82, 2.24) is 5.32 Å². The quantitative estimate of drug-likeness (QED) is 0.638. The number of carbonyl (C=O) groups excluding carboxylic acids is 1. The lowest BCUT2D eigenvalue weighted by molar-refractivity contribution is -0.120. The summed E-state index contributed by atoms with van der Waals surface area (Å²) >= 11 is 0. The standard InChI is InChI=1S/C18H18N6O/c1-10-7-8-13(11(2)9-10)21-17-22-16(19)23-18(24-17)12-5-3-4-6-14(12)20-15(18)25/h3-9H,1-2H3,(H,20,25)(H4,19,21,22,23,24)/t18-/m0/s1. The van der Waals surface area contributed by atoms with Crippen LogP contribution in [0.5, 0.6) is 0 Å². The van der Waals surface area contributed by atoms with Gasteiger partial charge in [-0.05, 0) is 31.5 Å². The Bertz CT molecular complexity index is 948. The fourth-order valence-electron chi connectivity index (χ4n) is 3.13. The number of para-hydroxylation sites is 1. The minimum Gasteiger partial charge on any atom is -0.370 e. The van der Waals surface area contributed by atoms with Crippen molar-refractivity contribution in [2.45, 2.75) is 19.5 Å². The maximum atomic E-state index is 12.6. The Morgan fingerprint density at radius 3 is 2.68 bits per heavy atom. The molecule has 25 heavy (non-hydrogen) atoms. The molecule has 1 atom stereocenters. The van der Waals surface area contributed by atoms with E-state index in [1.54, 1.807) is 0 Å². The van der Waals surface area contributed by atoms with Gasteiger partial charge < -0.3 is 16.4 Å². The molecule has 126 valence electrons. The normalized spacial score (nSPS) is 21.1. The topological polar surface area (TPSA) is 104 Å². The molecule has 0 aliphatic carbocycles. The molecule has 0 saturated heterocycles. The first-order valence-electron chi connectivity index (χ1n) is 7.95. The zero-order valence-electron chi connectivity index (χ0n) is 13.9. The number of rotatable bonds is 1. The van der Waals surface area contributed by atoms with E-state index < -0.39 is 5.66 Å². The minimum atomic E-state index is -1.40. The van der Waals surface area contributed by atoms with Crippen molar-refractivity contribution in [3.63, 3.8) is 0 Å². The maximum absolute atomic E-state index is 12.6. The zero-order chi connectivity index (χ0) is 17.6. The summed E-state index contributed by atoms with van der Waals surface area (Å²) in [5, 5.41) is 8.92. The van der Waals surface area contributed by atoms with Crippen LogP contribution in [0.15, 0.2) is 52.4 Å². The Balaban J connectivity index is 1.77. The van der Waals surface area contributed by atoms with E-state index in [0.717, 1.165) is 11.3 Å². The Kier molecular flexibility index (Phi) is 3.24. The number of nitrogens with zero attached hydrogens (tertiary/aromatic N) is 2. The lowest BCUT2D eigenvalue weighted by Crippen LogP contribution is -2.49. The molecule has 5 N–H and O–H groups in total. The SMILES string of the molecule is Cc1ccc(NC2=N[C@]3(N=C(N)N2)C(=O)Nc2ccccc23)c(C)c1. The number of hydrogen-bond donors (Lipinski definition) is 4. The zero-order valence-corrected chi connectivity index (χ0v) is 13.9. The lowest BCUT2D eigenvalue weighted by atomic mass is 10.0. The summed E-state index contributed by atoms with van der Waals surface area (Å²) in [5.74, 6) is 0.193. The number of amides is 1. The summed E-state index contributed by atoms with van der Waals surface area (Å²) in [4.78, 5) is 21.5. The molecule has 2 aliphatic heterocycles. The van der Waals surface area contributed by atoms with Gasteiger partial charge in [0.05, 0.1) is 0 Å². The average Bonchev–Trinajstić information content (AvgIpc) is 2.82. The number of guanidine groups is 2. The van der Waals surface area contributed by atoms with Gasteiger partial charge in [0.25, 0.3) is 11.6 Å². The second-order valence-electron chi connectivity index (χ2n) is 6.20. The number of aryl methyl sites for hydroxylation is 2. The first-order chi connectivity index (χ1) is 12.0. The van der Waals surface area contributed by atoms with Crippen LogP contribution in [0.25, 0.3) is 0 Å². The van der Waals surface area contributed by atoms with Crippen LogP contribution in [0.1, 0.15) is 16.7 Å². The van der Waals surface area contributed by atoms with Gasteiger partial charge in [0.15, 0.2) is 5.96 Å². The number of benzene rings is 2. The van der Waals surface area contributed by atoms with Gasteiger partial charge in [-0.15, -0.1) is 0 Å². The van der Waals surface area contributed by atoms with Gasteiger partial charge in [-0.25, -0.2) is 9.98 Å². The van der Waals surface area contributed by atoms with Crippen LogP contribution in [-0.2, 0) is 10.5 Å². The third kappa shape index (κ3) is 2.40. The van der Waals surface area contributed by atoms with E-state index in [4.69, 9.17) is 5.73 Å². The van der Waals surface area contributed by atoms with Crippen molar-refractivity contribution in [3.05, 3.63) is 59.2 Å². The minimum absolute atomic E-state index is 0.133. The second-order valence-corrected chi connectivity index (χ2v) is 6.20. The number of anilines is 2. The van der Waals surface area contributed by atoms with Crippen LogP contribution in [0, 0.1) is 13.8 Å². The predicted molar refractivity (Wildman–Crippen MR) is 98.5 cm³/mol. The van der Waals surface area contributed by atoms with E-state index in [9.17, 15) is 4.79 Å². The van der Waals surface area contributed by atoms with Crippen LogP contribution in [0.3, 0.4) is 0 Å². The molecule has 0 saturated carbocycles. The molecular formula is C18H18N6O. The molecule has 0 radical (unpaired) electrons. The third-order valence-electron chi connectivity index (χ3n) is 4.30. The monoisotopic (exact) mass is 334 g/mol. The molecule has 2 aliphatic rings. The number of nitrogens with one attached hydrogen (secondary N) is 3. The predicted octanol–water partition coefficient (Wildman–Crippen LogP) is 1.79. The number of carbonyl (C=O) groups is 1. The first-order valence-corrected chi connectivity index (χ1v) is 7.95. The van der Waals surface area contributed by atoms with E-state index in [1.165, 1.54) is 5.56 Å². The summed E-state index contributed by atoms with van der Waals surface area (Å²) in [5.41, 5.74) is 9.05. The Morgan fingerprint density at radius 2 is 1.88 bits per heavy atom. The van der Waals surface area contributed by atoms with Crippen molar-refractivity contribution in [1.29, 1.82) is 0 Å². The Morgan fingerprint density at radius 1 is 1.08 bits per heavy atom. The van der Waals surface area contributed by atoms with E-state index >= 15 is 0 Å². The largest absolute Gasteiger partial charge is 0.370 e. The van der Waals surface area contributed by atoms with Crippen LogP contribution in [0.2, 0.25) is 0 Å². The highest BCUT2D eigenvalue weighted by Crippen LogP contribution is 2.40. The molecule has 7 nitrogen and oxygen atoms in total. The summed E-state index contributed by atoms with van der Waals surface area (Å²) in [6.07, 6.45) is 0. The molecule has 0 bridgehead atoms. The fraction of sp³-hybridized carbons (Fsp3) is 0.167. The van der Waals surface area contributed by atoms with Crippen molar-refractivity contribution in [2.75, 3.05) is 10.6 Å². The van der Waals surface area contributed by atoms with E-state index in [-0.39, 0.29) is 11.9 Å². The number of fused-ring (bicyclic) bond motifs is 2. The van der Waals surface area contributed by atoms with Gasteiger partial charge in [0, 0.05) is 16.9 Å². The van der Waals surface area contributed by atoms with E-state index in [0.29, 0.717) is 17.2 Å². The first kappa shape index (κ1) is 15.2. The van der Waals surface area contributed by atoms with Crippen LogP contribution in [0.4, 0.5) is 11.4 Å². The molecule has 0 fully saturated rings. The van der Waals surface area contributed by atoms with Gasteiger partial charge in [-0.3, -0.25) is 10.1 Å². The smallest absolute Gasteiger partial charge is 0.280 e. The lowest BCUT2D eigenvalue weighted by Gasteiger charge is -2.26. The second kappa shape index (κ2) is 5.34.